The van der Waals surface area contributed by atoms with E-state index in [1.165, 1.54) is 13.2 Å². The van der Waals surface area contributed by atoms with Crippen molar-refractivity contribution in [3.8, 4) is 5.75 Å². The average Bonchev–Trinajstić information content (AvgIpc) is 2.69. The van der Waals surface area contributed by atoms with E-state index in [4.69, 9.17) is 9.47 Å². The zero-order chi connectivity index (χ0) is 19.6. The van der Waals surface area contributed by atoms with E-state index in [2.05, 4.69) is 10.6 Å². The lowest BCUT2D eigenvalue weighted by Crippen LogP contribution is -2.38. The molecule has 0 aliphatic heterocycles. The molecular formula is C19H19FN2O5. The van der Waals surface area contributed by atoms with Crippen LogP contribution in [0.5, 0.6) is 5.75 Å². The molecule has 142 valence electrons. The number of carbonyl (C=O) groups excluding carboxylic acids is 3. The number of nitrogens with one attached hydrogen (secondary N) is 2. The molecule has 2 aromatic carbocycles. The molecule has 0 spiro atoms. The van der Waals surface area contributed by atoms with E-state index in [9.17, 15) is 18.8 Å². The van der Waals surface area contributed by atoms with Crippen molar-refractivity contribution >= 4 is 17.8 Å². The number of benzene rings is 2. The predicted octanol–water partition coefficient (Wildman–Crippen LogP) is 2.06. The van der Waals surface area contributed by atoms with Gasteiger partial charge in [0.25, 0.3) is 0 Å². The maximum absolute atomic E-state index is 13.3. The Kier molecular flexibility index (Phi) is 7.30. The smallest absolute Gasteiger partial charge is 0.325 e. The van der Waals surface area contributed by atoms with Crippen LogP contribution in [0.1, 0.15) is 15.9 Å². The Labute approximate surface area is 155 Å². The Balaban J connectivity index is 1.73. The summed E-state index contributed by atoms with van der Waals surface area (Å²) < 4.78 is 23.1. The summed E-state index contributed by atoms with van der Waals surface area (Å²) in [5, 5.41) is 4.91. The van der Waals surface area contributed by atoms with Crippen molar-refractivity contribution in [2.24, 2.45) is 0 Å². The van der Waals surface area contributed by atoms with Gasteiger partial charge in [-0.3, -0.25) is 9.59 Å². The zero-order valence-corrected chi connectivity index (χ0v) is 14.7. The second-order valence-electron chi connectivity index (χ2n) is 5.45. The maximum Gasteiger partial charge on any atom is 0.325 e. The number of ether oxygens (including phenoxy) is 2. The fourth-order valence-corrected chi connectivity index (χ4v) is 2.17. The van der Waals surface area contributed by atoms with Crippen molar-refractivity contribution in [1.82, 2.24) is 10.6 Å². The third-order valence-electron chi connectivity index (χ3n) is 3.52. The van der Waals surface area contributed by atoms with E-state index in [0.29, 0.717) is 6.54 Å². The number of carbonyl (C=O) groups is 3. The molecule has 0 fully saturated rings. The molecule has 0 aliphatic rings. The molecule has 0 aromatic heterocycles. The molecule has 27 heavy (non-hydrogen) atoms. The minimum Gasteiger partial charge on any atom is -0.496 e. The number of amides is 2. The van der Waals surface area contributed by atoms with Crippen molar-refractivity contribution < 1.29 is 28.2 Å². The fraction of sp³-hybridized carbons (Fsp3) is 0.211. The first kappa shape index (κ1) is 19.9. The summed E-state index contributed by atoms with van der Waals surface area (Å²) in [7, 11) is 1.34. The zero-order valence-electron chi connectivity index (χ0n) is 14.7. The van der Waals surface area contributed by atoms with E-state index in [1.807, 2.05) is 30.3 Å². The Morgan fingerprint density at radius 2 is 1.78 bits per heavy atom. The SMILES string of the molecule is COc1ccc(F)cc1C(=O)COC(=O)CNC(=O)NCc1ccccc1. The summed E-state index contributed by atoms with van der Waals surface area (Å²) in [4.78, 5) is 35.4. The second-order valence-corrected chi connectivity index (χ2v) is 5.45. The Bertz CT molecular complexity index is 811. The highest BCUT2D eigenvalue weighted by Gasteiger charge is 2.16. The largest absolute Gasteiger partial charge is 0.496 e. The van der Waals surface area contributed by atoms with Gasteiger partial charge in [-0.15, -0.1) is 0 Å². The molecule has 2 aromatic rings. The number of urea groups is 1. The van der Waals surface area contributed by atoms with Crippen LogP contribution < -0.4 is 15.4 Å². The van der Waals surface area contributed by atoms with Crippen LogP contribution in [-0.2, 0) is 16.1 Å². The highest BCUT2D eigenvalue weighted by Crippen LogP contribution is 2.19. The number of rotatable bonds is 8. The summed E-state index contributed by atoms with van der Waals surface area (Å²) in [5.74, 6) is -1.85. The predicted molar refractivity (Wildman–Crippen MR) is 94.9 cm³/mol. The number of methoxy groups -OCH3 is 1. The summed E-state index contributed by atoms with van der Waals surface area (Å²) in [6.45, 7) is -0.695. The molecule has 2 rings (SSSR count). The molecule has 0 bridgehead atoms. The number of esters is 1. The topological polar surface area (TPSA) is 93.7 Å². The summed E-state index contributed by atoms with van der Waals surface area (Å²) in [6.07, 6.45) is 0. The van der Waals surface area contributed by atoms with Crippen LogP contribution in [0.3, 0.4) is 0 Å². The molecule has 0 radical (unpaired) electrons. The normalized spacial score (nSPS) is 10.0. The molecule has 0 saturated heterocycles. The van der Waals surface area contributed by atoms with Gasteiger partial charge in [-0.2, -0.15) is 0 Å². The highest BCUT2D eigenvalue weighted by molar-refractivity contribution is 6.00. The van der Waals surface area contributed by atoms with Crippen LogP contribution in [0.4, 0.5) is 9.18 Å². The molecule has 8 heteroatoms. The molecule has 0 unspecified atom stereocenters. The van der Waals surface area contributed by atoms with Gasteiger partial charge >= 0.3 is 12.0 Å². The number of halogens is 1. The summed E-state index contributed by atoms with van der Waals surface area (Å²) in [6, 6.07) is 12.2. The Morgan fingerprint density at radius 3 is 2.48 bits per heavy atom. The fourth-order valence-electron chi connectivity index (χ4n) is 2.17. The van der Waals surface area contributed by atoms with Gasteiger partial charge in [0.15, 0.2) is 6.61 Å². The Hall–Kier alpha value is -3.42. The number of ketones is 1. The van der Waals surface area contributed by atoms with Crippen LogP contribution in [0.15, 0.2) is 48.5 Å². The standard InChI is InChI=1S/C19H19FN2O5/c1-26-17-8-7-14(20)9-15(17)16(23)12-27-18(24)11-22-19(25)21-10-13-5-3-2-4-6-13/h2-9H,10-12H2,1H3,(H2,21,22,25). The first-order chi connectivity index (χ1) is 13.0. The molecule has 2 N–H and O–H groups in total. The van der Waals surface area contributed by atoms with Crippen LogP contribution >= 0.6 is 0 Å². The highest BCUT2D eigenvalue weighted by atomic mass is 19.1. The first-order valence-electron chi connectivity index (χ1n) is 8.07. The van der Waals surface area contributed by atoms with Crippen LogP contribution in [0, 0.1) is 5.82 Å². The van der Waals surface area contributed by atoms with Gasteiger partial charge in [0.2, 0.25) is 5.78 Å². The molecule has 0 heterocycles. The van der Waals surface area contributed by atoms with E-state index in [-0.39, 0.29) is 11.3 Å². The molecule has 0 saturated carbocycles. The third kappa shape index (κ3) is 6.43. The molecule has 7 nitrogen and oxygen atoms in total. The van der Waals surface area contributed by atoms with E-state index in [1.54, 1.807) is 0 Å². The average molecular weight is 374 g/mol. The lowest BCUT2D eigenvalue weighted by Gasteiger charge is -2.09. The Morgan fingerprint density at radius 1 is 1.04 bits per heavy atom. The number of hydrogen-bond acceptors (Lipinski definition) is 5. The van der Waals surface area contributed by atoms with Crippen molar-refractivity contribution in [2.75, 3.05) is 20.3 Å². The number of hydrogen-bond donors (Lipinski definition) is 2. The quantitative estimate of drug-likeness (QED) is 0.545. The van der Waals surface area contributed by atoms with Gasteiger partial charge in [-0.05, 0) is 23.8 Å². The van der Waals surface area contributed by atoms with Gasteiger partial charge in [0.1, 0.15) is 18.1 Å². The number of Topliss-reactive ketones (excluding diaryl/α,β-unsaturated/α-hetero) is 1. The van der Waals surface area contributed by atoms with Crippen molar-refractivity contribution in [1.29, 1.82) is 0 Å². The van der Waals surface area contributed by atoms with Gasteiger partial charge < -0.3 is 20.1 Å². The van der Waals surface area contributed by atoms with Gasteiger partial charge in [0.05, 0.1) is 12.7 Å². The lowest BCUT2D eigenvalue weighted by molar-refractivity contribution is -0.141. The van der Waals surface area contributed by atoms with Crippen LogP contribution in [0.2, 0.25) is 0 Å². The second kappa shape index (κ2) is 9.91. The molecular weight excluding hydrogens is 355 g/mol. The van der Waals surface area contributed by atoms with E-state index >= 15 is 0 Å². The van der Waals surface area contributed by atoms with Gasteiger partial charge in [-0.25, -0.2) is 9.18 Å². The van der Waals surface area contributed by atoms with Crippen LogP contribution in [-0.4, -0.2) is 38.0 Å². The third-order valence-corrected chi connectivity index (χ3v) is 3.52. The van der Waals surface area contributed by atoms with E-state index < -0.39 is 36.8 Å². The molecule has 2 amide bonds. The van der Waals surface area contributed by atoms with Gasteiger partial charge in [-0.1, -0.05) is 30.3 Å². The van der Waals surface area contributed by atoms with Gasteiger partial charge in [0, 0.05) is 6.54 Å². The van der Waals surface area contributed by atoms with E-state index in [0.717, 1.165) is 17.7 Å². The minimum atomic E-state index is -0.798. The van der Waals surface area contributed by atoms with Crippen molar-refractivity contribution in [3.05, 3.63) is 65.5 Å². The summed E-state index contributed by atoms with van der Waals surface area (Å²) >= 11 is 0. The van der Waals surface area contributed by atoms with Crippen molar-refractivity contribution in [3.63, 3.8) is 0 Å². The monoisotopic (exact) mass is 374 g/mol. The maximum atomic E-state index is 13.3. The minimum absolute atomic E-state index is 0.0288. The van der Waals surface area contributed by atoms with Crippen LogP contribution in [0.25, 0.3) is 0 Å². The first-order valence-corrected chi connectivity index (χ1v) is 8.07. The summed E-state index contributed by atoms with van der Waals surface area (Å²) in [5.41, 5.74) is 0.878. The lowest BCUT2D eigenvalue weighted by atomic mass is 10.1. The molecule has 0 aliphatic carbocycles. The van der Waals surface area contributed by atoms with Crippen molar-refractivity contribution in [2.45, 2.75) is 6.54 Å². The molecule has 0 atom stereocenters.